The number of piperidine rings is 1. The minimum atomic E-state index is -0.500. The Labute approximate surface area is 214 Å². The normalized spacial score (nSPS) is 21.8. The molecule has 4 N–H and O–H groups in total. The Hall–Kier alpha value is -3.89. The lowest BCUT2D eigenvalue weighted by Gasteiger charge is -2.42. The first kappa shape index (κ1) is 23.5. The van der Waals surface area contributed by atoms with Crippen LogP contribution >= 0.6 is 0 Å². The number of nitrogens with zero attached hydrogens (tertiary/aromatic N) is 6. The molecule has 1 aliphatic carbocycles. The molecule has 0 spiro atoms. The van der Waals surface area contributed by atoms with E-state index in [1.54, 1.807) is 36.9 Å². The van der Waals surface area contributed by atoms with Crippen LogP contribution in [0, 0.1) is 11.8 Å². The van der Waals surface area contributed by atoms with Crippen molar-refractivity contribution in [1.82, 2.24) is 24.7 Å². The topological polar surface area (TPSA) is 135 Å². The number of rotatable bonds is 6. The van der Waals surface area contributed by atoms with Crippen molar-refractivity contribution >= 4 is 28.3 Å². The van der Waals surface area contributed by atoms with E-state index in [9.17, 15) is 9.90 Å². The first-order chi connectivity index (χ1) is 18.0. The Balaban J connectivity index is 1.25. The molecular weight excluding hydrogens is 468 g/mol. The van der Waals surface area contributed by atoms with Crippen LogP contribution in [0.5, 0.6) is 0 Å². The van der Waals surface area contributed by atoms with Crippen LogP contribution in [0.25, 0.3) is 22.2 Å². The second-order valence-electron chi connectivity index (χ2n) is 9.95. The first-order valence-electron chi connectivity index (χ1n) is 12.7. The summed E-state index contributed by atoms with van der Waals surface area (Å²) in [4.78, 5) is 28.8. The summed E-state index contributed by atoms with van der Waals surface area (Å²) >= 11 is 0. The maximum Gasteiger partial charge on any atom is 0.274 e. The van der Waals surface area contributed by atoms with Gasteiger partial charge in [-0.05, 0) is 49.9 Å². The van der Waals surface area contributed by atoms with Crippen molar-refractivity contribution in [2.45, 2.75) is 38.5 Å². The number of aryl methyl sites for hydroxylation is 1. The second-order valence-corrected chi connectivity index (χ2v) is 9.95. The third kappa shape index (κ3) is 4.65. The van der Waals surface area contributed by atoms with Gasteiger partial charge in [-0.1, -0.05) is 0 Å². The fourth-order valence-electron chi connectivity index (χ4n) is 5.19. The number of aromatic nitrogens is 5. The van der Waals surface area contributed by atoms with Gasteiger partial charge in [-0.3, -0.25) is 19.4 Å². The monoisotopic (exact) mass is 498 g/mol. The average Bonchev–Trinajstić information content (AvgIpc) is 3.65. The van der Waals surface area contributed by atoms with Gasteiger partial charge in [0.2, 0.25) is 0 Å². The number of hydrogen-bond donors (Lipinski definition) is 3. The molecule has 1 saturated heterocycles. The summed E-state index contributed by atoms with van der Waals surface area (Å²) in [7, 11) is 0. The molecule has 2 fully saturated rings. The Morgan fingerprint density at radius 3 is 2.78 bits per heavy atom. The fourth-order valence-corrected chi connectivity index (χ4v) is 5.19. The largest absolute Gasteiger partial charge is 0.391 e. The van der Waals surface area contributed by atoms with Gasteiger partial charge in [-0.25, -0.2) is 4.98 Å². The standard InChI is InChI=1S/C27H30N8O2/c1-2-35-13-18(11-31-35)17-9-23-21(30-10-17)5-6-22(32-23)27(37)33-24-12-29-8-7-25(24)34-14-19(16-3-4-16)26(36)20(28)15-34/h5-13,16,19-20,26,36H,2-4,14-15,28H2,1H3,(H,33,37)/t19?,20-,26-/m1/s1. The minimum Gasteiger partial charge on any atom is -0.391 e. The van der Waals surface area contributed by atoms with Crippen LogP contribution in [0.1, 0.15) is 30.3 Å². The molecule has 0 bridgehead atoms. The molecule has 10 heteroatoms. The van der Waals surface area contributed by atoms with Gasteiger partial charge in [0.05, 0.1) is 40.9 Å². The molecule has 190 valence electrons. The Morgan fingerprint density at radius 1 is 1.14 bits per heavy atom. The lowest BCUT2D eigenvalue weighted by molar-refractivity contribution is 0.0594. The Kier molecular flexibility index (Phi) is 6.05. The van der Waals surface area contributed by atoms with E-state index in [4.69, 9.17) is 5.73 Å². The lowest BCUT2D eigenvalue weighted by atomic mass is 9.87. The third-order valence-corrected chi connectivity index (χ3v) is 7.41. The van der Waals surface area contributed by atoms with Crippen LogP contribution < -0.4 is 16.0 Å². The van der Waals surface area contributed by atoms with E-state index in [1.807, 2.05) is 29.9 Å². The molecule has 5 heterocycles. The molecule has 1 amide bonds. The maximum absolute atomic E-state index is 13.3. The third-order valence-electron chi connectivity index (χ3n) is 7.41. The number of anilines is 2. The summed E-state index contributed by atoms with van der Waals surface area (Å²) in [6.07, 6.45) is 10.7. The summed E-state index contributed by atoms with van der Waals surface area (Å²) in [6, 6.07) is 6.93. The summed E-state index contributed by atoms with van der Waals surface area (Å²) in [6.45, 7) is 4.02. The van der Waals surface area contributed by atoms with E-state index >= 15 is 0 Å². The molecule has 3 atom stereocenters. The number of nitrogens with one attached hydrogen (secondary N) is 1. The number of fused-ring (bicyclic) bond motifs is 1. The molecular formula is C27H30N8O2. The van der Waals surface area contributed by atoms with Crippen LogP contribution in [0.4, 0.5) is 11.4 Å². The molecule has 1 aliphatic heterocycles. The van der Waals surface area contributed by atoms with Crippen molar-refractivity contribution in [2.75, 3.05) is 23.3 Å². The van der Waals surface area contributed by atoms with Crippen molar-refractivity contribution in [3.63, 3.8) is 0 Å². The highest BCUT2D eigenvalue weighted by Crippen LogP contribution is 2.42. The van der Waals surface area contributed by atoms with Crippen LogP contribution in [0.2, 0.25) is 0 Å². The van der Waals surface area contributed by atoms with E-state index in [0.717, 1.165) is 36.2 Å². The number of amides is 1. The maximum atomic E-state index is 13.3. The molecule has 6 rings (SSSR count). The van der Waals surface area contributed by atoms with Gasteiger partial charge >= 0.3 is 0 Å². The van der Waals surface area contributed by atoms with Crippen LogP contribution in [0.3, 0.4) is 0 Å². The Bertz CT molecular complexity index is 1450. The lowest BCUT2D eigenvalue weighted by Crippen LogP contribution is -2.57. The van der Waals surface area contributed by atoms with E-state index in [0.29, 0.717) is 35.7 Å². The number of aliphatic hydroxyl groups is 1. The molecule has 10 nitrogen and oxygen atoms in total. The number of hydrogen-bond acceptors (Lipinski definition) is 8. The van der Waals surface area contributed by atoms with Gasteiger partial charge in [0.15, 0.2) is 0 Å². The molecule has 0 radical (unpaired) electrons. The van der Waals surface area contributed by atoms with Gasteiger partial charge < -0.3 is 21.1 Å². The quantitative estimate of drug-likeness (QED) is 0.369. The predicted molar refractivity (Wildman–Crippen MR) is 141 cm³/mol. The van der Waals surface area contributed by atoms with Gasteiger partial charge in [-0.15, -0.1) is 0 Å². The number of carbonyl (C=O) groups excluding carboxylic acids is 1. The minimum absolute atomic E-state index is 0.133. The van der Waals surface area contributed by atoms with Crippen molar-refractivity contribution in [1.29, 1.82) is 0 Å². The zero-order valence-electron chi connectivity index (χ0n) is 20.7. The van der Waals surface area contributed by atoms with Gasteiger partial charge in [0, 0.05) is 61.3 Å². The summed E-state index contributed by atoms with van der Waals surface area (Å²) in [5.74, 6) is 0.314. The SMILES string of the molecule is CCn1cc(-c2cnc3ccc(C(=O)Nc4cnccc4N4CC(C5CC5)[C@@H](O)[C@H](N)C4)nc3c2)cn1. The molecule has 0 aromatic carbocycles. The average molecular weight is 499 g/mol. The van der Waals surface area contributed by atoms with Gasteiger partial charge in [-0.2, -0.15) is 5.10 Å². The Morgan fingerprint density at radius 2 is 2.00 bits per heavy atom. The zero-order chi connectivity index (χ0) is 25.5. The molecule has 1 unspecified atom stereocenters. The number of aliphatic hydroxyl groups excluding tert-OH is 1. The molecule has 1 saturated carbocycles. The van der Waals surface area contributed by atoms with E-state index in [2.05, 4.69) is 30.3 Å². The van der Waals surface area contributed by atoms with E-state index < -0.39 is 6.10 Å². The van der Waals surface area contributed by atoms with Crippen LogP contribution in [-0.2, 0) is 6.54 Å². The molecule has 4 aromatic heterocycles. The smallest absolute Gasteiger partial charge is 0.274 e. The highest BCUT2D eigenvalue weighted by molar-refractivity contribution is 6.05. The van der Waals surface area contributed by atoms with Crippen LogP contribution in [0.15, 0.2) is 55.2 Å². The summed E-state index contributed by atoms with van der Waals surface area (Å²) < 4.78 is 1.85. The molecule has 2 aliphatic rings. The highest BCUT2D eigenvalue weighted by Gasteiger charge is 2.43. The van der Waals surface area contributed by atoms with Crippen LogP contribution in [-0.4, -0.2) is 61.0 Å². The highest BCUT2D eigenvalue weighted by atomic mass is 16.3. The number of pyridine rings is 3. The fraction of sp³-hybridized carbons (Fsp3) is 0.370. The predicted octanol–water partition coefficient (Wildman–Crippen LogP) is 2.69. The zero-order valence-corrected chi connectivity index (χ0v) is 20.7. The summed E-state index contributed by atoms with van der Waals surface area (Å²) in [5.41, 5.74) is 11.2. The van der Waals surface area contributed by atoms with Gasteiger partial charge in [0.1, 0.15) is 5.69 Å². The first-order valence-corrected chi connectivity index (χ1v) is 12.7. The number of nitrogens with two attached hydrogens (primary N) is 1. The van der Waals surface area contributed by atoms with E-state index in [-0.39, 0.29) is 23.6 Å². The molecule has 37 heavy (non-hydrogen) atoms. The van der Waals surface area contributed by atoms with E-state index in [1.165, 1.54) is 0 Å². The van der Waals surface area contributed by atoms with Crippen molar-refractivity contribution in [3.05, 3.63) is 60.9 Å². The van der Waals surface area contributed by atoms with Crippen molar-refractivity contribution in [3.8, 4) is 11.1 Å². The molecule has 4 aromatic rings. The van der Waals surface area contributed by atoms with Crippen molar-refractivity contribution in [2.24, 2.45) is 17.6 Å². The van der Waals surface area contributed by atoms with Gasteiger partial charge in [0.25, 0.3) is 5.91 Å². The summed E-state index contributed by atoms with van der Waals surface area (Å²) in [5, 5.41) is 17.9. The van der Waals surface area contributed by atoms with Crippen molar-refractivity contribution < 1.29 is 9.90 Å². The number of carbonyl (C=O) groups is 1. The second kappa shape index (κ2) is 9.53.